The standard InChI is InChI=1S/C16H17BN7O/c1-8(18)9(2)22-16-20-7-12(14(19)25)15(24-16)23-11-3-4-13-10(5-11)6-21-17-13/h3-7,9H,1,18H2,2H3,(H2,19,25)(H2,20,22,23,24)/t9-/m1/s1. The molecule has 0 saturated heterocycles. The summed E-state index contributed by atoms with van der Waals surface area (Å²) in [6.07, 6.45) is 3.13. The fourth-order valence-electron chi connectivity index (χ4n) is 2.23. The Balaban J connectivity index is 1.91. The molecular weight excluding hydrogens is 317 g/mol. The highest BCUT2D eigenvalue weighted by Crippen LogP contribution is 2.20. The highest BCUT2D eigenvalue weighted by molar-refractivity contribution is 6.57. The molecule has 8 nitrogen and oxygen atoms in total. The van der Waals surface area contributed by atoms with Crippen molar-refractivity contribution < 1.29 is 4.79 Å². The average Bonchev–Trinajstić information content (AvgIpc) is 3.02. The summed E-state index contributed by atoms with van der Waals surface area (Å²) in [6.45, 7) is 5.51. The van der Waals surface area contributed by atoms with Gasteiger partial charge < -0.3 is 27.0 Å². The first-order chi connectivity index (χ1) is 11.9. The van der Waals surface area contributed by atoms with Crippen molar-refractivity contribution in [2.75, 3.05) is 10.6 Å². The summed E-state index contributed by atoms with van der Waals surface area (Å²) in [4.78, 5) is 24.2. The van der Waals surface area contributed by atoms with Crippen molar-refractivity contribution in [2.45, 2.75) is 13.0 Å². The Morgan fingerprint density at radius 3 is 2.88 bits per heavy atom. The Morgan fingerprint density at radius 1 is 1.36 bits per heavy atom. The number of anilines is 3. The van der Waals surface area contributed by atoms with Crippen LogP contribution in [0.3, 0.4) is 0 Å². The van der Waals surface area contributed by atoms with Crippen LogP contribution in [0.4, 0.5) is 17.5 Å². The van der Waals surface area contributed by atoms with E-state index in [1.54, 1.807) is 13.6 Å². The molecule has 0 unspecified atom stereocenters. The lowest BCUT2D eigenvalue weighted by Gasteiger charge is -2.15. The van der Waals surface area contributed by atoms with Gasteiger partial charge in [0.1, 0.15) is 11.4 Å². The Kier molecular flexibility index (Phi) is 4.38. The lowest BCUT2D eigenvalue weighted by molar-refractivity contribution is 0.100. The normalized spacial score (nSPS) is 12.8. The zero-order chi connectivity index (χ0) is 18.0. The molecule has 1 aromatic carbocycles. The number of benzene rings is 1. The van der Waals surface area contributed by atoms with Crippen molar-refractivity contribution in [1.82, 2.24) is 9.97 Å². The van der Waals surface area contributed by atoms with Crippen LogP contribution in [0.1, 0.15) is 22.8 Å². The zero-order valence-corrected chi connectivity index (χ0v) is 13.7. The molecule has 25 heavy (non-hydrogen) atoms. The monoisotopic (exact) mass is 334 g/mol. The summed E-state index contributed by atoms with van der Waals surface area (Å²) in [5.41, 5.74) is 14.5. The minimum Gasteiger partial charge on any atom is -0.401 e. The number of hydrogen-bond acceptors (Lipinski definition) is 7. The topological polar surface area (TPSA) is 131 Å². The van der Waals surface area contributed by atoms with E-state index in [1.165, 1.54) is 6.20 Å². The number of nitrogens with zero attached hydrogens (tertiary/aromatic N) is 3. The molecule has 2 heterocycles. The third-order valence-electron chi connectivity index (χ3n) is 3.73. The molecule has 1 radical (unpaired) electrons. The van der Waals surface area contributed by atoms with Gasteiger partial charge in [0.25, 0.3) is 5.91 Å². The first kappa shape index (κ1) is 16.5. The van der Waals surface area contributed by atoms with Crippen molar-refractivity contribution in [2.24, 2.45) is 16.4 Å². The minimum atomic E-state index is -0.624. The van der Waals surface area contributed by atoms with Gasteiger partial charge in [-0.2, -0.15) is 4.98 Å². The second kappa shape index (κ2) is 6.64. The summed E-state index contributed by atoms with van der Waals surface area (Å²) in [7, 11) is 1.78. The molecule has 1 aliphatic heterocycles. The van der Waals surface area contributed by atoms with E-state index in [-0.39, 0.29) is 11.6 Å². The van der Waals surface area contributed by atoms with Gasteiger partial charge in [-0.3, -0.25) is 4.79 Å². The van der Waals surface area contributed by atoms with Crippen LogP contribution in [0.2, 0.25) is 0 Å². The third kappa shape index (κ3) is 3.60. The average molecular weight is 334 g/mol. The number of nitrogens with two attached hydrogens (primary N) is 2. The zero-order valence-electron chi connectivity index (χ0n) is 13.7. The van der Waals surface area contributed by atoms with Crippen LogP contribution in [0.5, 0.6) is 0 Å². The van der Waals surface area contributed by atoms with Crippen molar-refractivity contribution in [1.29, 1.82) is 0 Å². The molecule has 3 rings (SSSR count). The second-order valence-corrected chi connectivity index (χ2v) is 5.64. The first-order valence-corrected chi connectivity index (χ1v) is 7.59. The fraction of sp³-hybridized carbons (Fsp3) is 0.125. The van der Waals surface area contributed by atoms with E-state index in [2.05, 4.69) is 32.1 Å². The number of aromatic nitrogens is 2. The maximum Gasteiger partial charge on any atom is 0.312 e. The number of carbonyl (C=O) groups is 1. The number of fused-ring (bicyclic) bond motifs is 1. The van der Waals surface area contributed by atoms with Crippen LogP contribution < -0.4 is 27.6 Å². The predicted octanol–water partition coefficient (Wildman–Crippen LogP) is 0.269. The molecule has 0 spiro atoms. The van der Waals surface area contributed by atoms with Crippen molar-refractivity contribution in [3.8, 4) is 0 Å². The van der Waals surface area contributed by atoms with E-state index >= 15 is 0 Å². The van der Waals surface area contributed by atoms with Gasteiger partial charge in [-0.1, -0.05) is 12.6 Å². The third-order valence-corrected chi connectivity index (χ3v) is 3.73. The number of amides is 1. The quantitative estimate of drug-likeness (QED) is 0.561. The molecule has 2 aromatic rings. The van der Waals surface area contributed by atoms with E-state index in [4.69, 9.17) is 11.5 Å². The van der Waals surface area contributed by atoms with Gasteiger partial charge in [0.2, 0.25) is 5.95 Å². The van der Waals surface area contributed by atoms with Gasteiger partial charge >= 0.3 is 7.41 Å². The van der Waals surface area contributed by atoms with Crippen LogP contribution in [-0.4, -0.2) is 35.5 Å². The van der Waals surface area contributed by atoms with E-state index in [9.17, 15) is 4.79 Å². The molecule has 0 fully saturated rings. The van der Waals surface area contributed by atoms with E-state index in [1.807, 2.05) is 25.1 Å². The highest BCUT2D eigenvalue weighted by atomic mass is 16.1. The summed E-state index contributed by atoms with van der Waals surface area (Å²) in [6, 6.07) is 5.48. The van der Waals surface area contributed by atoms with Gasteiger partial charge in [0.05, 0.1) is 6.04 Å². The van der Waals surface area contributed by atoms with Gasteiger partial charge in [0.15, 0.2) is 0 Å². The molecule has 125 valence electrons. The lowest BCUT2D eigenvalue weighted by Crippen LogP contribution is -2.24. The number of hydrogen-bond donors (Lipinski definition) is 4. The number of nitrogens with one attached hydrogen (secondary N) is 2. The lowest BCUT2D eigenvalue weighted by atomic mass is 9.84. The molecule has 0 bridgehead atoms. The second-order valence-electron chi connectivity index (χ2n) is 5.64. The van der Waals surface area contributed by atoms with Gasteiger partial charge in [-0.05, 0) is 30.1 Å². The molecule has 1 aliphatic rings. The molecule has 1 atom stereocenters. The van der Waals surface area contributed by atoms with Crippen molar-refractivity contribution in [3.63, 3.8) is 0 Å². The van der Waals surface area contributed by atoms with Gasteiger partial charge in [-0.25, -0.2) is 4.98 Å². The number of primary amides is 1. The summed E-state index contributed by atoms with van der Waals surface area (Å²) in [5, 5.41) is 6.12. The molecule has 0 saturated carbocycles. The van der Waals surface area contributed by atoms with Crippen LogP contribution in [0, 0.1) is 0 Å². The van der Waals surface area contributed by atoms with Crippen molar-refractivity contribution in [3.05, 3.63) is 47.8 Å². The van der Waals surface area contributed by atoms with Crippen molar-refractivity contribution >= 4 is 42.5 Å². The molecular formula is C16H17BN7O. The molecule has 6 N–H and O–H groups in total. The number of carbonyl (C=O) groups excluding carboxylic acids is 1. The van der Waals surface area contributed by atoms with Crippen LogP contribution in [-0.2, 0) is 0 Å². The minimum absolute atomic E-state index is 0.186. The van der Waals surface area contributed by atoms with E-state index in [0.29, 0.717) is 17.5 Å². The van der Waals surface area contributed by atoms with Gasteiger partial charge in [-0.15, -0.1) is 0 Å². The highest BCUT2D eigenvalue weighted by Gasteiger charge is 2.15. The van der Waals surface area contributed by atoms with Gasteiger partial charge in [0, 0.05) is 23.8 Å². The first-order valence-electron chi connectivity index (χ1n) is 7.59. The molecule has 1 aromatic heterocycles. The van der Waals surface area contributed by atoms with E-state index in [0.717, 1.165) is 16.7 Å². The van der Waals surface area contributed by atoms with Crippen LogP contribution in [0.25, 0.3) is 0 Å². The SMILES string of the molecule is C=C(N)[C@@H](C)Nc1ncc(C(N)=O)c(Nc2ccc3c(c2)C=N[B]3)n1. The largest absolute Gasteiger partial charge is 0.401 e. The Hall–Kier alpha value is -3.36. The van der Waals surface area contributed by atoms with Crippen LogP contribution in [0.15, 0.2) is 41.6 Å². The Bertz CT molecular complexity index is 881. The summed E-state index contributed by atoms with van der Waals surface area (Å²) in [5.74, 6) is -0.0113. The fourth-order valence-corrected chi connectivity index (χ4v) is 2.23. The maximum atomic E-state index is 11.7. The Morgan fingerprint density at radius 2 is 2.16 bits per heavy atom. The van der Waals surface area contributed by atoms with Crippen LogP contribution >= 0.6 is 0 Å². The summed E-state index contributed by atoms with van der Waals surface area (Å²) < 4.78 is 0. The smallest absolute Gasteiger partial charge is 0.312 e. The number of rotatable bonds is 6. The van der Waals surface area contributed by atoms with E-state index < -0.39 is 5.91 Å². The molecule has 1 amide bonds. The molecule has 9 heteroatoms. The Labute approximate surface area is 145 Å². The summed E-state index contributed by atoms with van der Waals surface area (Å²) >= 11 is 0. The predicted molar refractivity (Wildman–Crippen MR) is 99.7 cm³/mol. The molecule has 0 aliphatic carbocycles. The maximum absolute atomic E-state index is 11.7.